The van der Waals surface area contributed by atoms with Gasteiger partial charge in [-0.2, -0.15) is 0 Å². The zero-order valence-corrected chi connectivity index (χ0v) is 14.4. The van der Waals surface area contributed by atoms with Gasteiger partial charge < -0.3 is 14.6 Å². The summed E-state index contributed by atoms with van der Waals surface area (Å²) in [6.45, 7) is 3.08. The number of hydrogen-bond acceptors (Lipinski definition) is 5. The smallest absolute Gasteiger partial charge is 0.408 e. The fourth-order valence-corrected chi connectivity index (χ4v) is 2.46. The lowest BCUT2D eigenvalue weighted by atomic mass is 10.2. The van der Waals surface area contributed by atoms with E-state index in [0.717, 1.165) is 5.69 Å². The molecule has 0 bridgehead atoms. The van der Waals surface area contributed by atoms with Crippen LogP contribution < -0.4 is 11.1 Å². The second-order valence-corrected chi connectivity index (χ2v) is 6.15. The molecule has 0 unspecified atom stereocenters. The number of rotatable bonds is 5. The van der Waals surface area contributed by atoms with Gasteiger partial charge in [-0.1, -0.05) is 0 Å². The number of hydrogen-bond donors (Lipinski definition) is 1. The third-order valence-electron chi connectivity index (χ3n) is 3.87. The van der Waals surface area contributed by atoms with E-state index in [1.54, 1.807) is 34.9 Å². The quantitative estimate of drug-likeness (QED) is 0.769. The summed E-state index contributed by atoms with van der Waals surface area (Å²) in [4.78, 5) is 30.4. The lowest BCUT2D eigenvalue weighted by molar-refractivity contribution is 0.102. The van der Waals surface area contributed by atoms with E-state index in [-0.39, 0.29) is 5.91 Å². The minimum atomic E-state index is -0.400. The predicted octanol–water partition coefficient (Wildman–Crippen LogP) is 2.11. The number of pyridine rings is 1. The number of amides is 1. The Labute approximate surface area is 144 Å². The molecule has 2 heterocycles. The fourth-order valence-electron chi connectivity index (χ4n) is 2.46. The van der Waals surface area contributed by atoms with Gasteiger partial charge in [-0.3, -0.25) is 14.3 Å². The number of carbonyl (C=O) groups is 1. The lowest BCUT2D eigenvalue weighted by Crippen LogP contribution is -2.23. The minimum Gasteiger partial charge on any atom is -0.408 e. The molecule has 25 heavy (non-hydrogen) atoms. The van der Waals surface area contributed by atoms with Crippen LogP contribution in [0.25, 0.3) is 11.1 Å². The SMILES string of the molecule is Cc1ccc(C(=O)Nc2ccc3oc(=O)n(CCN(C)C)c3c2)cn1. The molecule has 0 atom stereocenters. The second-order valence-electron chi connectivity index (χ2n) is 6.15. The molecule has 1 N–H and O–H groups in total. The summed E-state index contributed by atoms with van der Waals surface area (Å²) in [6.07, 6.45) is 1.54. The van der Waals surface area contributed by atoms with E-state index in [1.165, 1.54) is 6.20 Å². The summed E-state index contributed by atoms with van der Waals surface area (Å²) >= 11 is 0. The summed E-state index contributed by atoms with van der Waals surface area (Å²) in [5, 5.41) is 2.82. The van der Waals surface area contributed by atoms with Gasteiger partial charge in [-0.15, -0.1) is 0 Å². The van der Waals surface area contributed by atoms with E-state index in [9.17, 15) is 9.59 Å². The molecule has 0 aliphatic rings. The van der Waals surface area contributed by atoms with E-state index in [1.807, 2.05) is 25.9 Å². The highest BCUT2D eigenvalue weighted by atomic mass is 16.4. The highest BCUT2D eigenvalue weighted by molar-refractivity contribution is 6.04. The maximum atomic E-state index is 12.3. The van der Waals surface area contributed by atoms with Crippen LogP contribution in [0.4, 0.5) is 5.69 Å². The number of nitrogens with one attached hydrogen (secondary N) is 1. The molecule has 0 aliphatic carbocycles. The molecule has 1 amide bonds. The second kappa shape index (κ2) is 6.90. The molecule has 7 nitrogen and oxygen atoms in total. The van der Waals surface area contributed by atoms with Gasteiger partial charge in [0.25, 0.3) is 5.91 Å². The van der Waals surface area contributed by atoms with Crippen molar-refractivity contribution in [3.8, 4) is 0 Å². The first-order valence-electron chi connectivity index (χ1n) is 7.96. The number of aromatic nitrogens is 2. The highest BCUT2D eigenvalue weighted by Crippen LogP contribution is 2.19. The van der Waals surface area contributed by atoms with Gasteiger partial charge in [0.1, 0.15) is 0 Å². The Bertz CT molecular complexity index is 955. The molecule has 0 fully saturated rings. The maximum absolute atomic E-state index is 12.3. The van der Waals surface area contributed by atoms with Gasteiger partial charge >= 0.3 is 5.76 Å². The zero-order chi connectivity index (χ0) is 18.0. The number of carbonyl (C=O) groups excluding carboxylic acids is 1. The first-order chi connectivity index (χ1) is 11.9. The van der Waals surface area contributed by atoms with Crippen molar-refractivity contribution in [1.82, 2.24) is 14.5 Å². The standard InChI is InChI=1S/C18H20N4O3/c1-12-4-5-13(11-19-12)17(23)20-14-6-7-16-15(10-14)22(18(24)25-16)9-8-21(2)3/h4-7,10-11H,8-9H2,1-3H3,(H,20,23). The summed E-state index contributed by atoms with van der Waals surface area (Å²) in [7, 11) is 3.88. The molecular weight excluding hydrogens is 320 g/mol. The number of likely N-dealkylation sites (N-methyl/N-ethyl adjacent to an activating group) is 1. The molecule has 3 aromatic rings. The van der Waals surface area contributed by atoms with Crippen molar-refractivity contribution in [3.05, 3.63) is 58.3 Å². The van der Waals surface area contributed by atoms with Gasteiger partial charge in [-0.05, 0) is 51.4 Å². The van der Waals surface area contributed by atoms with Gasteiger partial charge in [-0.25, -0.2) is 4.79 Å². The van der Waals surface area contributed by atoms with Crippen LogP contribution in [0.1, 0.15) is 16.1 Å². The van der Waals surface area contributed by atoms with Crippen molar-refractivity contribution in [2.45, 2.75) is 13.5 Å². The van der Waals surface area contributed by atoms with E-state index >= 15 is 0 Å². The number of fused-ring (bicyclic) bond motifs is 1. The molecule has 0 radical (unpaired) electrons. The Balaban J connectivity index is 1.87. The highest BCUT2D eigenvalue weighted by Gasteiger charge is 2.12. The zero-order valence-electron chi connectivity index (χ0n) is 14.4. The molecule has 3 rings (SSSR count). The van der Waals surface area contributed by atoms with E-state index in [4.69, 9.17) is 4.42 Å². The molecule has 130 valence electrons. The lowest BCUT2D eigenvalue weighted by Gasteiger charge is -2.10. The van der Waals surface area contributed by atoms with Crippen molar-refractivity contribution in [2.24, 2.45) is 0 Å². The molecular formula is C18H20N4O3. The summed E-state index contributed by atoms with van der Waals surface area (Å²) in [5.41, 5.74) is 3.08. The first-order valence-corrected chi connectivity index (χ1v) is 7.96. The van der Waals surface area contributed by atoms with Crippen molar-refractivity contribution in [1.29, 1.82) is 0 Å². The topological polar surface area (TPSA) is 80.4 Å². The maximum Gasteiger partial charge on any atom is 0.419 e. The minimum absolute atomic E-state index is 0.252. The van der Waals surface area contributed by atoms with Crippen LogP contribution in [0.3, 0.4) is 0 Å². The fraction of sp³-hybridized carbons (Fsp3) is 0.278. The molecule has 0 saturated heterocycles. The first kappa shape index (κ1) is 16.9. The molecule has 1 aromatic carbocycles. The summed E-state index contributed by atoms with van der Waals surface area (Å²) in [6, 6.07) is 8.65. The van der Waals surface area contributed by atoms with Crippen LogP contribution in [0.5, 0.6) is 0 Å². The van der Waals surface area contributed by atoms with Crippen LogP contribution in [0, 0.1) is 6.92 Å². The predicted molar refractivity (Wildman–Crippen MR) is 96.0 cm³/mol. The van der Waals surface area contributed by atoms with Crippen LogP contribution in [0.15, 0.2) is 45.7 Å². The average Bonchev–Trinajstić information content (AvgIpc) is 2.88. The van der Waals surface area contributed by atoms with E-state index in [2.05, 4.69) is 10.3 Å². The Kier molecular flexibility index (Phi) is 4.67. The van der Waals surface area contributed by atoms with Crippen LogP contribution in [-0.2, 0) is 6.54 Å². The van der Waals surface area contributed by atoms with Crippen LogP contribution >= 0.6 is 0 Å². The molecule has 7 heteroatoms. The molecule has 0 saturated carbocycles. The van der Waals surface area contributed by atoms with Crippen molar-refractivity contribution in [3.63, 3.8) is 0 Å². The van der Waals surface area contributed by atoms with E-state index in [0.29, 0.717) is 35.4 Å². The van der Waals surface area contributed by atoms with Gasteiger partial charge in [0, 0.05) is 30.7 Å². The third-order valence-corrected chi connectivity index (χ3v) is 3.87. The normalized spacial score (nSPS) is 11.2. The Morgan fingerprint density at radius 2 is 2.08 bits per heavy atom. The largest absolute Gasteiger partial charge is 0.419 e. The number of oxazole rings is 1. The van der Waals surface area contributed by atoms with E-state index < -0.39 is 5.76 Å². The van der Waals surface area contributed by atoms with Crippen molar-refractivity contribution in [2.75, 3.05) is 26.0 Å². The van der Waals surface area contributed by atoms with Crippen LogP contribution in [-0.4, -0.2) is 41.0 Å². The molecule has 2 aromatic heterocycles. The third kappa shape index (κ3) is 3.77. The Hall–Kier alpha value is -2.93. The number of aryl methyl sites for hydroxylation is 1. The van der Waals surface area contributed by atoms with Gasteiger partial charge in [0.05, 0.1) is 11.1 Å². The number of anilines is 1. The Morgan fingerprint density at radius 3 is 2.76 bits per heavy atom. The van der Waals surface area contributed by atoms with Crippen molar-refractivity contribution >= 4 is 22.7 Å². The molecule has 0 spiro atoms. The average molecular weight is 340 g/mol. The Morgan fingerprint density at radius 1 is 1.28 bits per heavy atom. The monoisotopic (exact) mass is 340 g/mol. The van der Waals surface area contributed by atoms with Crippen molar-refractivity contribution < 1.29 is 9.21 Å². The summed E-state index contributed by atoms with van der Waals surface area (Å²) in [5.74, 6) is -0.652. The van der Waals surface area contributed by atoms with Gasteiger partial charge in [0.2, 0.25) is 0 Å². The van der Waals surface area contributed by atoms with Gasteiger partial charge in [0.15, 0.2) is 5.58 Å². The number of nitrogens with zero attached hydrogens (tertiary/aromatic N) is 3. The number of benzene rings is 1. The van der Waals surface area contributed by atoms with Crippen LogP contribution in [0.2, 0.25) is 0 Å². The molecule has 0 aliphatic heterocycles. The summed E-state index contributed by atoms with van der Waals surface area (Å²) < 4.78 is 6.82.